The first-order valence-electron chi connectivity index (χ1n) is 44.9. The lowest BCUT2D eigenvalue weighted by Crippen LogP contribution is -2.62. The number of nitrogens with one attached hydrogen (secondary N) is 17. The van der Waals surface area contributed by atoms with Crippen molar-refractivity contribution < 1.29 is 116 Å². The summed E-state index contributed by atoms with van der Waals surface area (Å²) in [5.74, 6) is -24.0. The third-order valence-corrected chi connectivity index (χ3v) is 23.3. The Bertz CT molecular complexity index is 5300. The van der Waals surface area contributed by atoms with Crippen LogP contribution < -0.4 is 97.0 Å². The lowest BCUT2D eigenvalue weighted by molar-refractivity contribution is -0.143. The number of H-pyrrole nitrogens is 2. The number of rotatable bonds is 60. The Balaban J connectivity index is 1.19. The van der Waals surface area contributed by atoms with Gasteiger partial charge in [-0.05, 0) is 103 Å². The fourth-order valence-electron chi connectivity index (χ4n) is 14.6. The van der Waals surface area contributed by atoms with Crippen LogP contribution in [0.25, 0.3) is 21.8 Å². The molecule has 17 amide bonds. The zero-order chi connectivity index (χ0) is 103. The quantitative estimate of drug-likeness (QED) is 0.0175. The first kappa shape index (κ1) is 114. The molecule has 0 aliphatic heterocycles. The number of carbonyl (C=O) groups is 20. The smallest absolute Gasteiger partial charge is 0.326 e. The summed E-state index contributed by atoms with van der Waals surface area (Å²) >= 11 is 9.76. The van der Waals surface area contributed by atoms with Gasteiger partial charge in [0, 0.05) is 84.2 Å². The summed E-state index contributed by atoms with van der Waals surface area (Å²) in [6, 6.07) is 5.78. The highest BCUT2D eigenvalue weighted by Gasteiger charge is 2.41. The van der Waals surface area contributed by atoms with Crippen LogP contribution in [-0.4, -0.2) is 276 Å². The van der Waals surface area contributed by atoms with E-state index >= 15 is 0 Å². The zero-order valence-electron chi connectivity index (χ0n) is 78.0. The minimum atomic E-state index is -1.97. The number of para-hydroxylation sites is 2. The second-order valence-corrected chi connectivity index (χ2v) is 36.2. The molecule has 0 saturated heterocycles. The number of aromatic nitrogens is 2. The van der Waals surface area contributed by atoms with E-state index in [1.165, 1.54) is 18.0 Å². The summed E-state index contributed by atoms with van der Waals surface area (Å²) in [6.07, 6.45) is -2.36. The van der Waals surface area contributed by atoms with Gasteiger partial charge in [-0.25, -0.2) is 4.79 Å². The van der Waals surface area contributed by atoms with Gasteiger partial charge >= 0.3 is 17.9 Å². The number of nitrogens with two attached hydrogens (primary N) is 3. The van der Waals surface area contributed by atoms with Crippen molar-refractivity contribution in [2.75, 3.05) is 30.1 Å². The van der Waals surface area contributed by atoms with Crippen molar-refractivity contribution in [3.05, 3.63) is 144 Å². The van der Waals surface area contributed by atoms with E-state index in [4.69, 9.17) is 17.2 Å². The number of aliphatic hydroxyl groups excluding tert-OH is 1. The normalized spacial score (nSPS) is 14.7. The summed E-state index contributed by atoms with van der Waals surface area (Å²) < 4.78 is 0. The first-order valence-corrected chi connectivity index (χ1v) is 47.5. The van der Waals surface area contributed by atoms with Crippen LogP contribution in [0.5, 0.6) is 0 Å². The molecule has 2 heterocycles. The number of hydrogen-bond donors (Lipinski definition) is 26. The number of carboxylic acids is 3. The average Bonchev–Trinajstić information content (AvgIpc) is 1.65. The summed E-state index contributed by atoms with van der Waals surface area (Å²) in [5.41, 5.74) is 20.1. The van der Waals surface area contributed by atoms with Crippen LogP contribution in [0.2, 0.25) is 0 Å². The molecule has 0 aliphatic rings. The van der Waals surface area contributed by atoms with Crippen molar-refractivity contribution in [2.24, 2.45) is 35.0 Å². The van der Waals surface area contributed by atoms with Gasteiger partial charge in [-0.1, -0.05) is 139 Å². The van der Waals surface area contributed by atoms with E-state index in [0.717, 1.165) is 6.92 Å². The molecule has 4 aromatic carbocycles. The topological polar surface area (TPSA) is 712 Å². The van der Waals surface area contributed by atoms with Gasteiger partial charge in [0.05, 0.1) is 31.5 Å². The molecule has 2 aromatic heterocycles. The van der Waals surface area contributed by atoms with Gasteiger partial charge in [-0.3, -0.25) is 91.1 Å². The second-order valence-electron chi connectivity index (χ2n) is 34.5. The lowest BCUT2D eigenvalue weighted by Gasteiger charge is -2.28. The maximum atomic E-state index is 15.0. The predicted octanol–water partition coefficient (Wildman–Crippen LogP) is -2.54. The summed E-state index contributed by atoms with van der Waals surface area (Å²) in [4.78, 5) is 282. The number of carbonyl (C=O) groups excluding carboxylic acids is 17. The number of aromatic amines is 2. The van der Waals surface area contributed by atoms with Crippen molar-refractivity contribution in [1.82, 2.24) is 89.7 Å². The molecule has 139 heavy (non-hydrogen) atoms. The van der Waals surface area contributed by atoms with Gasteiger partial charge in [-0.2, -0.15) is 37.0 Å². The molecule has 27 N–H and O–H groups in total. The Kier molecular flexibility index (Phi) is 46.7. The van der Waals surface area contributed by atoms with E-state index in [1.54, 1.807) is 163 Å². The standard InChI is InChI=1S/C92H126N20O24S3/c1-46(2)33-62(83(126)108-68(92(135)136)34-47(3)4)103-85(128)67(40-72(95)115)107-89(132)70(45-138)110-91(134)77(49(7)113)112-87(130)66(38-53-42-97-58-26-18-16-24-55(53)58)106-80(123)59(27-29-71(94)114)100-82(125)61(31-32-139-8)99-73(116)43-98-79(122)63(35-50-19-11-9-12-20-50)104-84(127)64(36-51-21-13-10-14-22-51)105-81(124)60(28-30-74(117)118)101-88(131)69(44-137)109-90(133)76(48(5)6)111-86(129)65(102-78(121)56(93)39-75(119)120)37-52-41-96-57-25-17-15-23-54(52)57/h9-26,41-42,46-49,56,59-70,76-77,96-97,113,137-138H,27-40,43-45,93H2,1-8H3,(H2,94,114)(H2,95,115)(H,98,122)(H,99,116)(H,100,125)(H,101,131)(H,102,121)(H,103,128)(H,104,127)(H,105,124)(H,106,123)(H,107,132)(H,108,126)(H,109,133)(H,110,134)(H,111,129)(H,112,130)(H,117,118)(H,119,120)(H,135,136)/t49-,56+,59+,60+,61+,62+,63+,64+,65+,66+,67+,68+,69+,70+,76+,77+/m1/s1. The van der Waals surface area contributed by atoms with Crippen LogP contribution in [0.4, 0.5) is 0 Å². The maximum Gasteiger partial charge on any atom is 0.326 e. The number of primary amides is 2. The SMILES string of the molecule is CSCC[C@H](NC(=O)CNC(=O)[C@H](Cc1ccccc1)NC(=O)[C@H](Cc1ccccc1)NC(=O)[C@H](CCC(=O)O)NC(=O)[C@H](CS)NC(=O)[C@@H](NC(=O)[C@H](Cc1c[nH]c2ccccc12)NC(=O)[C@@H](N)CC(=O)O)C(C)C)C(=O)N[C@@H](CCC(N)=O)C(=O)N[C@@H](Cc1c[nH]c2ccccc12)C(=O)N[C@H](C(=O)N[C@@H](CS)C(=O)N[C@@H](CC(N)=O)C(=O)N[C@@H](CC(C)C)C(=O)N[C@@H](CC(C)C)C(=O)O)[C@@H](C)O. The number of carboxylic acid groups (broad SMARTS) is 3. The van der Waals surface area contributed by atoms with Gasteiger partial charge in [0.15, 0.2) is 0 Å². The van der Waals surface area contributed by atoms with Crippen molar-refractivity contribution >= 4 is 177 Å². The molecule has 0 fully saturated rings. The predicted molar refractivity (Wildman–Crippen MR) is 517 cm³/mol. The number of fused-ring (bicyclic) bond motifs is 2. The third kappa shape index (κ3) is 38.0. The number of benzene rings is 4. The van der Waals surface area contributed by atoms with Crippen molar-refractivity contribution in [3.8, 4) is 0 Å². The Morgan fingerprint density at radius 1 is 0.367 bits per heavy atom. The molecule has 0 bridgehead atoms. The number of thiol groups is 2. The van der Waals surface area contributed by atoms with Crippen LogP contribution >= 0.6 is 37.0 Å². The van der Waals surface area contributed by atoms with Gasteiger partial charge in [0.25, 0.3) is 0 Å². The van der Waals surface area contributed by atoms with Crippen molar-refractivity contribution in [2.45, 2.75) is 229 Å². The van der Waals surface area contributed by atoms with Gasteiger partial charge in [0.1, 0.15) is 84.6 Å². The van der Waals surface area contributed by atoms with E-state index in [-0.39, 0.29) is 62.5 Å². The monoisotopic (exact) mass is 1990 g/mol. The number of aliphatic hydroxyl groups is 1. The highest BCUT2D eigenvalue weighted by atomic mass is 32.2. The maximum absolute atomic E-state index is 15.0. The minimum Gasteiger partial charge on any atom is -0.481 e. The Morgan fingerprint density at radius 3 is 1.16 bits per heavy atom. The lowest BCUT2D eigenvalue weighted by atomic mass is 10.00. The number of aliphatic carboxylic acids is 3. The molecule has 0 aliphatic carbocycles. The minimum absolute atomic E-state index is 0.0337. The fraction of sp³-hybridized carbons (Fsp3) is 0.478. The molecule has 6 aromatic rings. The van der Waals surface area contributed by atoms with Gasteiger partial charge in [-0.15, -0.1) is 0 Å². The molecule has 44 nitrogen and oxygen atoms in total. The van der Waals surface area contributed by atoms with Gasteiger partial charge < -0.3 is 127 Å². The van der Waals surface area contributed by atoms with E-state index in [0.29, 0.717) is 44.1 Å². The van der Waals surface area contributed by atoms with Crippen LogP contribution in [0.1, 0.15) is 129 Å². The second kappa shape index (κ2) is 56.9. The van der Waals surface area contributed by atoms with Crippen molar-refractivity contribution in [1.29, 1.82) is 0 Å². The molecule has 47 heteroatoms. The molecular weight excluding hydrogens is 1870 g/mol. The molecule has 0 saturated carbocycles. The Labute approximate surface area is 816 Å². The number of thioether (sulfide) groups is 1. The number of amides is 17. The fourth-order valence-corrected chi connectivity index (χ4v) is 15.6. The molecular formula is C92H126N20O24S3. The number of hydrogen-bond acceptors (Lipinski definition) is 25. The highest BCUT2D eigenvalue weighted by Crippen LogP contribution is 2.23. The molecule has 0 spiro atoms. The van der Waals surface area contributed by atoms with Crippen LogP contribution in [0.15, 0.2) is 122 Å². The largest absolute Gasteiger partial charge is 0.481 e. The molecule has 756 valence electrons. The average molecular weight is 1990 g/mol. The summed E-state index contributed by atoms with van der Waals surface area (Å²) in [5, 5.41) is 78.9. The Hall–Kier alpha value is -13.7. The van der Waals surface area contributed by atoms with Crippen LogP contribution in [0.3, 0.4) is 0 Å². The van der Waals surface area contributed by atoms with Crippen LogP contribution in [0, 0.1) is 17.8 Å². The molecule has 6 rings (SSSR count). The molecule has 0 radical (unpaired) electrons. The summed E-state index contributed by atoms with van der Waals surface area (Å²) in [6.45, 7) is 10.2. The van der Waals surface area contributed by atoms with E-state index in [2.05, 4.69) is 115 Å². The van der Waals surface area contributed by atoms with E-state index in [1.807, 2.05) is 0 Å². The first-order chi connectivity index (χ1) is 65.8. The van der Waals surface area contributed by atoms with Crippen molar-refractivity contribution in [3.63, 3.8) is 0 Å². The molecule has 0 unspecified atom stereocenters. The van der Waals surface area contributed by atoms with E-state index < -0.39 is 278 Å². The highest BCUT2D eigenvalue weighted by molar-refractivity contribution is 7.98. The third-order valence-electron chi connectivity index (χ3n) is 21.9. The van der Waals surface area contributed by atoms with Crippen LogP contribution in [-0.2, 0) is 122 Å². The summed E-state index contributed by atoms with van der Waals surface area (Å²) in [7, 11) is 0. The molecule has 16 atom stereocenters. The Morgan fingerprint density at radius 2 is 0.727 bits per heavy atom. The van der Waals surface area contributed by atoms with E-state index in [9.17, 15) is 116 Å². The zero-order valence-corrected chi connectivity index (χ0v) is 80.6. The van der Waals surface area contributed by atoms with Gasteiger partial charge in [0.2, 0.25) is 100 Å².